The van der Waals surface area contributed by atoms with E-state index >= 15 is 0 Å². The van der Waals surface area contributed by atoms with Crippen LogP contribution in [0.5, 0.6) is 0 Å². The zero-order chi connectivity index (χ0) is 14.9. The van der Waals surface area contributed by atoms with Crippen molar-refractivity contribution in [2.24, 2.45) is 5.92 Å². The van der Waals surface area contributed by atoms with Gasteiger partial charge in [-0.05, 0) is 55.7 Å². The summed E-state index contributed by atoms with van der Waals surface area (Å²) in [6, 6.07) is 9.79. The van der Waals surface area contributed by atoms with Gasteiger partial charge in [0.2, 0.25) is 0 Å². The third-order valence-corrected chi connectivity index (χ3v) is 4.98. The quantitative estimate of drug-likeness (QED) is 0.621. The summed E-state index contributed by atoms with van der Waals surface area (Å²) in [5.41, 5.74) is 3.19. The predicted octanol–water partition coefficient (Wildman–Crippen LogP) is 5.13. The van der Waals surface area contributed by atoms with Gasteiger partial charge in [-0.1, -0.05) is 63.8 Å². The van der Waals surface area contributed by atoms with Gasteiger partial charge in [-0.15, -0.1) is 0 Å². The summed E-state index contributed by atoms with van der Waals surface area (Å²) in [6.45, 7) is 5.75. The van der Waals surface area contributed by atoms with Crippen LogP contribution in [0.4, 0.5) is 0 Å². The van der Waals surface area contributed by atoms with Crippen LogP contribution in [0.25, 0.3) is 0 Å². The van der Waals surface area contributed by atoms with E-state index in [0.717, 1.165) is 12.0 Å². The molecule has 0 aromatic heterocycles. The second-order valence-electron chi connectivity index (χ2n) is 6.68. The number of benzene rings is 1. The van der Waals surface area contributed by atoms with E-state index in [0.29, 0.717) is 0 Å². The fourth-order valence-corrected chi connectivity index (χ4v) is 3.69. The predicted molar refractivity (Wildman–Crippen MR) is 92.8 cm³/mol. The summed E-state index contributed by atoms with van der Waals surface area (Å²) < 4.78 is 0. The van der Waals surface area contributed by atoms with Gasteiger partial charge in [-0.2, -0.15) is 0 Å². The Balaban J connectivity index is 1.90. The first-order valence-corrected chi connectivity index (χ1v) is 9.15. The second-order valence-corrected chi connectivity index (χ2v) is 6.68. The molecule has 2 atom stereocenters. The van der Waals surface area contributed by atoms with Gasteiger partial charge >= 0.3 is 0 Å². The zero-order valence-electron chi connectivity index (χ0n) is 14.0. The van der Waals surface area contributed by atoms with Gasteiger partial charge < -0.3 is 5.32 Å². The molecule has 1 aliphatic carbocycles. The molecule has 21 heavy (non-hydrogen) atoms. The molecule has 1 aromatic carbocycles. The maximum Gasteiger partial charge on any atom is 0.00986 e. The van der Waals surface area contributed by atoms with Crippen molar-refractivity contribution in [1.29, 1.82) is 0 Å². The molecule has 2 rings (SSSR count). The molecule has 1 heteroatoms. The van der Waals surface area contributed by atoms with Crippen molar-refractivity contribution in [3.63, 3.8) is 0 Å². The minimum atomic E-state index is 0.732. The summed E-state index contributed by atoms with van der Waals surface area (Å²) in [5, 5.41) is 3.85. The lowest BCUT2D eigenvalue weighted by Gasteiger charge is -2.32. The number of nitrogens with one attached hydrogen (secondary N) is 1. The topological polar surface area (TPSA) is 12.0 Å². The van der Waals surface area contributed by atoms with Crippen LogP contribution in [0.1, 0.15) is 69.9 Å². The summed E-state index contributed by atoms with van der Waals surface area (Å²) >= 11 is 0. The van der Waals surface area contributed by atoms with Gasteiger partial charge in [0.05, 0.1) is 0 Å². The third-order valence-electron chi connectivity index (χ3n) is 4.98. The fourth-order valence-electron chi connectivity index (χ4n) is 3.69. The molecule has 0 fully saturated rings. The van der Waals surface area contributed by atoms with Crippen molar-refractivity contribution in [2.45, 2.75) is 77.7 Å². The summed E-state index contributed by atoms with van der Waals surface area (Å²) in [4.78, 5) is 0. The average Bonchev–Trinajstić information content (AvgIpc) is 2.54. The maximum atomic E-state index is 3.85. The molecule has 0 heterocycles. The number of aryl methyl sites for hydroxylation is 1. The number of rotatable bonds is 9. The molecule has 118 valence electrons. The molecule has 0 saturated carbocycles. The summed E-state index contributed by atoms with van der Waals surface area (Å²) in [7, 11) is 0. The van der Waals surface area contributed by atoms with E-state index in [1.54, 1.807) is 11.1 Å². The first-order chi connectivity index (χ1) is 10.3. The minimum absolute atomic E-state index is 0.732. The standard InChI is InChI=1S/C20H33N/c1-3-5-6-7-12-20(21-15-4-2)19-14-13-17-10-8-9-11-18(17)16-19/h8-11,19-21H,3-7,12-16H2,1-2H3. The number of hydrogen-bond donors (Lipinski definition) is 1. The van der Waals surface area contributed by atoms with Crippen molar-refractivity contribution in [2.75, 3.05) is 6.54 Å². The van der Waals surface area contributed by atoms with Crippen molar-refractivity contribution in [3.8, 4) is 0 Å². The molecular formula is C20H33N. The Kier molecular flexibility index (Phi) is 7.29. The molecule has 0 radical (unpaired) electrons. The van der Waals surface area contributed by atoms with E-state index in [4.69, 9.17) is 0 Å². The van der Waals surface area contributed by atoms with Crippen LogP contribution in [0.3, 0.4) is 0 Å². The van der Waals surface area contributed by atoms with Crippen LogP contribution >= 0.6 is 0 Å². The molecule has 1 N–H and O–H groups in total. The highest BCUT2D eigenvalue weighted by Gasteiger charge is 2.25. The molecule has 0 saturated heterocycles. The highest BCUT2D eigenvalue weighted by atomic mass is 14.9. The van der Waals surface area contributed by atoms with Gasteiger partial charge in [0.25, 0.3) is 0 Å². The first kappa shape index (κ1) is 16.5. The molecule has 1 nitrogen and oxygen atoms in total. The van der Waals surface area contributed by atoms with Crippen LogP contribution in [0.15, 0.2) is 24.3 Å². The SMILES string of the molecule is CCCCCCC(NCCC)C1CCc2ccccc2C1. The molecular weight excluding hydrogens is 254 g/mol. The van der Waals surface area contributed by atoms with Gasteiger partial charge in [-0.3, -0.25) is 0 Å². The first-order valence-electron chi connectivity index (χ1n) is 9.15. The van der Waals surface area contributed by atoms with Crippen LogP contribution in [0, 0.1) is 5.92 Å². The van der Waals surface area contributed by atoms with Crippen molar-refractivity contribution in [3.05, 3.63) is 35.4 Å². The van der Waals surface area contributed by atoms with Gasteiger partial charge in [0.1, 0.15) is 0 Å². The van der Waals surface area contributed by atoms with Crippen LogP contribution in [-0.2, 0) is 12.8 Å². The number of hydrogen-bond acceptors (Lipinski definition) is 1. The van der Waals surface area contributed by atoms with Crippen molar-refractivity contribution >= 4 is 0 Å². The largest absolute Gasteiger partial charge is 0.314 e. The Hall–Kier alpha value is -0.820. The lowest BCUT2D eigenvalue weighted by molar-refractivity contribution is 0.298. The van der Waals surface area contributed by atoms with Crippen LogP contribution in [-0.4, -0.2) is 12.6 Å². The van der Waals surface area contributed by atoms with E-state index in [9.17, 15) is 0 Å². The number of fused-ring (bicyclic) bond motifs is 1. The Morgan fingerprint density at radius 2 is 1.86 bits per heavy atom. The summed E-state index contributed by atoms with van der Waals surface area (Å²) in [5.74, 6) is 0.841. The molecule has 1 aliphatic rings. The van der Waals surface area contributed by atoms with E-state index in [-0.39, 0.29) is 0 Å². The average molecular weight is 287 g/mol. The Morgan fingerprint density at radius 1 is 1.05 bits per heavy atom. The van der Waals surface area contributed by atoms with E-state index < -0.39 is 0 Å². The van der Waals surface area contributed by atoms with Crippen LogP contribution < -0.4 is 5.32 Å². The number of unbranched alkanes of at least 4 members (excludes halogenated alkanes) is 3. The van der Waals surface area contributed by atoms with Crippen molar-refractivity contribution < 1.29 is 0 Å². The molecule has 0 bridgehead atoms. The highest BCUT2D eigenvalue weighted by Crippen LogP contribution is 2.29. The van der Waals surface area contributed by atoms with Gasteiger partial charge in [0.15, 0.2) is 0 Å². The highest BCUT2D eigenvalue weighted by molar-refractivity contribution is 5.30. The lowest BCUT2D eigenvalue weighted by atomic mass is 9.78. The van der Waals surface area contributed by atoms with Crippen molar-refractivity contribution in [1.82, 2.24) is 5.32 Å². The molecule has 0 spiro atoms. The van der Waals surface area contributed by atoms with Gasteiger partial charge in [-0.25, -0.2) is 0 Å². The molecule has 0 aliphatic heterocycles. The third kappa shape index (κ3) is 5.14. The Bertz CT molecular complexity index is 399. The fraction of sp³-hybridized carbons (Fsp3) is 0.700. The van der Waals surface area contributed by atoms with E-state index in [1.165, 1.54) is 64.3 Å². The van der Waals surface area contributed by atoms with E-state index in [1.807, 2.05) is 0 Å². The minimum Gasteiger partial charge on any atom is -0.314 e. The second kappa shape index (κ2) is 9.25. The molecule has 0 amide bonds. The van der Waals surface area contributed by atoms with Crippen LogP contribution in [0.2, 0.25) is 0 Å². The van der Waals surface area contributed by atoms with E-state index in [2.05, 4.69) is 43.4 Å². The Labute approximate surface area is 131 Å². The Morgan fingerprint density at radius 3 is 2.62 bits per heavy atom. The monoisotopic (exact) mass is 287 g/mol. The lowest BCUT2D eigenvalue weighted by Crippen LogP contribution is -2.39. The zero-order valence-corrected chi connectivity index (χ0v) is 14.0. The smallest absolute Gasteiger partial charge is 0.00986 e. The molecule has 1 aromatic rings. The normalized spacial score (nSPS) is 19.2. The summed E-state index contributed by atoms with van der Waals surface area (Å²) in [6.07, 6.45) is 12.1. The maximum absolute atomic E-state index is 3.85. The van der Waals surface area contributed by atoms with Gasteiger partial charge in [0, 0.05) is 6.04 Å². The molecule has 2 unspecified atom stereocenters.